The molecule has 6 heteroatoms. The Hall–Kier alpha value is -2.76. The molecular formula is C29H39NO5. The van der Waals surface area contributed by atoms with Crippen LogP contribution in [0.15, 0.2) is 40.7 Å². The number of methoxy groups -OCH3 is 1. The molecule has 1 aliphatic heterocycles. The van der Waals surface area contributed by atoms with E-state index in [1.165, 1.54) is 6.42 Å². The van der Waals surface area contributed by atoms with E-state index in [2.05, 4.69) is 19.2 Å². The van der Waals surface area contributed by atoms with Crippen LogP contribution in [0, 0.1) is 5.41 Å². The number of hydrogen-bond acceptors (Lipinski definition) is 6. The van der Waals surface area contributed by atoms with Crippen molar-refractivity contribution in [1.29, 1.82) is 0 Å². The Bertz CT molecular complexity index is 1050. The quantitative estimate of drug-likeness (QED) is 0.484. The molecule has 1 heterocycles. The average molecular weight is 482 g/mol. The molecule has 0 unspecified atom stereocenters. The summed E-state index contributed by atoms with van der Waals surface area (Å²) in [5.41, 5.74) is 3.41. The lowest BCUT2D eigenvalue weighted by molar-refractivity contribution is -0.146. The van der Waals surface area contributed by atoms with Crippen molar-refractivity contribution >= 4 is 11.8 Å². The van der Waals surface area contributed by atoms with Crippen LogP contribution in [0.5, 0.6) is 11.5 Å². The second-order valence-corrected chi connectivity index (χ2v) is 10.8. The molecule has 35 heavy (non-hydrogen) atoms. The van der Waals surface area contributed by atoms with Gasteiger partial charge in [0.2, 0.25) is 0 Å². The highest BCUT2D eigenvalue weighted by Crippen LogP contribution is 2.50. The summed E-state index contributed by atoms with van der Waals surface area (Å²) >= 11 is 0. The predicted octanol–water partition coefficient (Wildman–Crippen LogP) is 5.96. The molecule has 0 aromatic heterocycles. The minimum absolute atomic E-state index is 0.0634. The first-order chi connectivity index (χ1) is 16.8. The second-order valence-electron chi connectivity index (χ2n) is 10.8. The molecule has 2 aliphatic carbocycles. The highest BCUT2D eigenvalue weighted by Gasteiger charge is 2.44. The first kappa shape index (κ1) is 25.3. The molecule has 4 rings (SSSR count). The zero-order chi connectivity index (χ0) is 25.2. The maximum Gasteiger partial charge on any atom is 0.337 e. The van der Waals surface area contributed by atoms with Gasteiger partial charge in [0.25, 0.3) is 0 Å². The van der Waals surface area contributed by atoms with E-state index in [-0.39, 0.29) is 23.3 Å². The van der Waals surface area contributed by atoms with E-state index in [0.29, 0.717) is 35.7 Å². The van der Waals surface area contributed by atoms with E-state index in [1.807, 2.05) is 32.0 Å². The van der Waals surface area contributed by atoms with Crippen LogP contribution in [0.2, 0.25) is 0 Å². The van der Waals surface area contributed by atoms with Gasteiger partial charge >= 0.3 is 5.97 Å². The number of carbonyl (C=O) groups excluding carboxylic acids is 2. The summed E-state index contributed by atoms with van der Waals surface area (Å²) in [6, 6.07) is 5.70. The number of ketones is 1. The molecule has 0 spiro atoms. The largest absolute Gasteiger partial charge is 0.493 e. The Morgan fingerprint density at radius 2 is 1.89 bits per heavy atom. The van der Waals surface area contributed by atoms with Crippen LogP contribution >= 0.6 is 0 Å². The van der Waals surface area contributed by atoms with Crippen molar-refractivity contribution in [3.05, 3.63) is 46.3 Å². The SMILES string of the molecule is CCCOc1c(OC)cccc1[C@H]1C(C(=O)OC2CCCCC2)=C(C)NC2=C1C(=O)CC(C)(C)C2. The van der Waals surface area contributed by atoms with Crippen molar-refractivity contribution in [3.8, 4) is 11.5 Å². The van der Waals surface area contributed by atoms with Crippen LogP contribution in [0.1, 0.15) is 90.5 Å². The number of benzene rings is 1. The highest BCUT2D eigenvalue weighted by molar-refractivity contribution is 6.04. The minimum atomic E-state index is -0.562. The third-order valence-corrected chi connectivity index (χ3v) is 7.28. The third-order valence-electron chi connectivity index (χ3n) is 7.28. The van der Waals surface area contributed by atoms with Crippen molar-refractivity contribution in [2.45, 2.75) is 91.1 Å². The molecule has 6 nitrogen and oxygen atoms in total. The van der Waals surface area contributed by atoms with Crippen molar-refractivity contribution < 1.29 is 23.8 Å². The molecule has 1 saturated carbocycles. The predicted molar refractivity (Wildman–Crippen MR) is 135 cm³/mol. The van der Waals surface area contributed by atoms with Gasteiger partial charge in [-0.1, -0.05) is 39.3 Å². The molecule has 0 amide bonds. The topological polar surface area (TPSA) is 73.9 Å². The van der Waals surface area contributed by atoms with Gasteiger partial charge in [-0.25, -0.2) is 4.79 Å². The van der Waals surface area contributed by atoms with E-state index >= 15 is 0 Å². The normalized spacial score (nSPS) is 22.4. The van der Waals surface area contributed by atoms with Crippen molar-refractivity contribution in [2.75, 3.05) is 13.7 Å². The fraction of sp³-hybridized carbons (Fsp3) is 0.586. The number of nitrogens with one attached hydrogen (secondary N) is 1. The molecule has 3 aliphatic rings. The van der Waals surface area contributed by atoms with Gasteiger partial charge in [-0.3, -0.25) is 4.79 Å². The molecule has 0 bridgehead atoms. The van der Waals surface area contributed by atoms with Crippen LogP contribution in [-0.2, 0) is 14.3 Å². The first-order valence-electron chi connectivity index (χ1n) is 13.0. The first-order valence-corrected chi connectivity index (χ1v) is 13.0. The van der Waals surface area contributed by atoms with Crippen LogP contribution in [0.4, 0.5) is 0 Å². The minimum Gasteiger partial charge on any atom is -0.493 e. The maximum atomic E-state index is 13.7. The standard InChI is InChI=1S/C29H39NO5/c1-6-15-34-27-20(13-10-14-23(27)33-5)25-24(28(32)35-19-11-8-7-9-12-19)18(2)30-21-16-29(3,4)17-22(31)26(21)25/h10,13-14,19,25,30H,6-9,11-12,15-17H2,1-5H3/t25-/m0/s1. The Labute approximate surface area is 209 Å². The number of rotatable bonds is 7. The number of ether oxygens (including phenoxy) is 3. The van der Waals surface area contributed by atoms with Gasteiger partial charge < -0.3 is 19.5 Å². The van der Waals surface area contributed by atoms with Crippen LogP contribution in [0.25, 0.3) is 0 Å². The van der Waals surface area contributed by atoms with Gasteiger partial charge in [0, 0.05) is 29.0 Å². The maximum absolute atomic E-state index is 13.7. The Balaban J connectivity index is 1.84. The van der Waals surface area contributed by atoms with Crippen molar-refractivity contribution in [2.24, 2.45) is 5.41 Å². The zero-order valence-electron chi connectivity index (χ0n) is 21.8. The van der Waals surface area contributed by atoms with E-state index in [9.17, 15) is 9.59 Å². The number of para-hydroxylation sites is 1. The van der Waals surface area contributed by atoms with Gasteiger partial charge in [0.05, 0.1) is 25.2 Å². The molecular weight excluding hydrogens is 442 g/mol. The van der Waals surface area contributed by atoms with Crippen molar-refractivity contribution in [1.82, 2.24) is 5.32 Å². The average Bonchev–Trinajstić information content (AvgIpc) is 2.81. The molecule has 1 aromatic carbocycles. The number of dihydropyridines is 1. The molecule has 1 atom stereocenters. The fourth-order valence-electron chi connectivity index (χ4n) is 5.69. The number of Topliss-reactive ketones (excluding diaryl/α,β-unsaturated/α-hetero) is 1. The lowest BCUT2D eigenvalue weighted by Gasteiger charge is -2.40. The van der Waals surface area contributed by atoms with Gasteiger partial charge in [-0.05, 0) is 56.9 Å². The van der Waals surface area contributed by atoms with Crippen LogP contribution in [-0.4, -0.2) is 31.6 Å². The summed E-state index contributed by atoms with van der Waals surface area (Å²) in [5.74, 6) is 0.337. The van der Waals surface area contributed by atoms with E-state index in [4.69, 9.17) is 14.2 Å². The monoisotopic (exact) mass is 481 g/mol. The van der Waals surface area contributed by atoms with Crippen molar-refractivity contribution in [3.63, 3.8) is 0 Å². The molecule has 1 aromatic rings. The lowest BCUT2D eigenvalue weighted by Crippen LogP contribution is -2.39. The summed E-state index contributed by atoms with van der Waals surface area (Å²) in [5, 5.41) is 3.43. The van der Waals surface area contributed by atoms with Crippen LogP contribution < -0.4 is 14.8 Å². The summed E-state index contributed by atoms with van der Waals surface area (Å²) in [6.45, 7) is 8.68. The molecule has 0 saturated heterocycles. The zero-order valence-corrected chi connectivity index (χ0v) is 21.8. The Kier molecular flexibility index (Phi) is 7.58. The van der Waals surface area contributed by atoms with Gasteiger partial charge in [0.1, 0.15) is 6.10 Å². The number of allylic oxidation sites excluding steroid dienone is 3. The van der Waals surface area contributed by atoms with Gasteiger partial charge in [-0.15, -0.1) is 0 Å². The van der Waals surface area contributed by atoms with E-state index < -0.39 is 5.92 Å². The molecule has 0 radical (unpaired) electrons. The van der Waals surface area contributed by atoms with Gasteiger partial charge in [-0.2, -0.15) is 0 Å². The number of carbonyl (C=O) groups is 2. The highest BCUT2D eigenvalue weighted by atomic mass is 16.5. The Morgan fingerprint density at radius 3 is 2.57 bits per heavy atom. The lowest BCUT2D eigenvalue weighted by atomic mass is 9.68. The molecule has 190 valence electrons. The van der Waals surface area contributed by atoms with Gasteiger partial charge in [0.15, 0.2) is 17.3 Å². The van der Waals surface area contributed by atoms with Crippen LogP contribution in [0.3, 0.4) is 0 Å². The summed E-state index contributed by atoms with van der Waals surface area (Å²) in [4.78, 5) is 27.4. The summed E-state index contributed by atoms with van der Waals surface area (Å²) in [6.07, 6.45) is 7.04. The Morgan fingerprint density at radius 1 is 1.14 bits per heavy atom. The van der Waals surface area contributed by atoms with E-state index in [0.717, 1.165) is 55.5 Å². The van der Waals surface area contributed by atoms with E-state index in [1.54, 1.807) is 7.11 Å². The second kappa shape index (κ2) is 10.5. The molecule has 1 fully saturated rings. The molecule has 1 N–H and O–H groups in total. The number of esters is 1. The third kappa shape index (κ3) is 5.26. The smallest absolute Gasteiger partial charge is 0.337 e. The summed E-state index contributed by atoms with van der Waals surface area (Å²) < 4.78 is 17.9. The summed E-state index contributed by atoms with van der Waals surface area (Å²) in [7, 11) is 1.61. The number of hydrogen-bond donors (Lipinski definition) is 1. The fourth-order valence-corrected chi connectivity index (χ4v) is 5.69.